The number of carbonyl (C=O) groups is 5. The third-order valence-corrected chi connectivity index (χ3v) is 10.8. The Bertz CT molecular complexity index is 2160. The van der Waals surface area contributed by atoms with Gasteiger partial charge in [-0.15, -0.1) is 0 Å². The van der Waals surface area contributed by atoms with Gasteiger partial charge in [-0.3, -0.25) is 34.3 Å². The zero-order valence-corrected chi connectivity index (χ0v) is 33.4. The van der Waals surface area contributed by atoms with Gasteiger partial charge >= 0.3 is 0 Å². The summed E-state index contributed by atoms with van der Waals surface area (Å²) in [7, 11) is 0. The van der Waals surface area contributed by atoms with Crippen LogP contribution in [0.3, 0.4) is 0 Å². The Kier molecular flexibility index (Phi) is 12.9. The fourth-order valence-electron chi connectivity index (χ4n) is 7.81. The number of amides is 5. The smallest absolute Gasteiger partial charge is 0.255 e. The van der Waals surface area contributed by atoms with Crippen molar-refractivity contribution in [3.05, 3.63) is 100 Å². The number of anilines is 1. The number of piperidine rings is 1. The quantitative estimate of drug-likeness (QED) is 0.0612. The van der Waals surface area contributed by atoms with Crippen LogP contribution >= 0.6 is 0 Å². The second-order valence-corrected chi connectivity index (χ2v) is 16.1. The molecule has 12 nitrogen and oxygen atoms in total. The number of phenolic OH excluding ortho intramolecular Hbond substituents is 1. The van der Waals surface area contributed by atoms with Crippen molar-refractivity contribution in [2.45, 2.75) is 110 Å². The van der Waals surface area contributed by atoms with Crippen LogP contribution in [0.1, 0.15) is 134 Å². The summed E-state index contributed by atoms with van der Waals surface area (Å²) in [6.45, 7) is 9.85. The molecule has 1 aromatic heterocycles. The van der Waals surface area contributed by atoms with E-state index in [0.29, 0.717) is 60.1 Å². The normalized spacial score (nSPS) is 16.0. The van der Waals surface area contributed by atoms with Crippen molar-refractivity contribution < 1.29 is 29.1 Å². The van der Waals surface area contributed by atoms with Crippen molar-refractivity contribution in [3.8, 4) is 5.75 Å². The van der Waals surface area contributed by atoms with Gasteiger partial charge in [-0.25, -0.2) is 0 Å². The molecule has 3 aromatic carbocycles. The number of aromatic hydroxyl groups is 1. The van der Waals surface area contributed by atoms with Crippen LogP contribution in [0.2, 0.25) is 0 Å². The van der Waals surface area contributed by atoms with Gasteiger partial charge in [-0.05, 0) is 78.6 Å². The summed E-state index contributed by atoms with van der Waals surface area (Å²) >= 11 is 0. The van der Waals surface area contributed by atoms with Gasteiger partial charge in [0, 0.05) is 72.0 Å². The first-order valence-corrected chi connectivity index (χ1v) is 20.2. The summed E-state index contributed by atoms with van der Waals surface area (Å²) in [5, 5.41) is 24.4. The standard InChI is InChI=1S/C45H54N6O6/c1-5-14-37(52)49-39(32-26-34(45(2,3)4)31-18-13-24-47-40(31)41(32)54)28-15-11-16-29(25-28)42(55)48-23-10-8-6-7-9-22-46-35-19-12-17-30-33(35)27-51(44(30)57)36-20-21-38(53)50-43(36)56/h11-13,15-19,24-26,36,39,46,54H,5-10,14,20-23,27H2,1-4H3,(H,48,55)(H,49,52)(H,50,53,56). The van der Waals surface area contributed by atoms with Crippen molar-refractivity contribution in [1.29, 1.82) is 0 Å². The van der Waals surface area contributed by atoms with Crippen LogP contribution in [0.25, 0.3) is 10.9 Å². The number of unbranched alkanes of at least 4 members (excludes halogenated alkanes) is 4. The van der Waals surface area contributed by atoms with E-state index in [4.69, 9.17) is 0 Å². The van der Waals surface area contributed by atoms with Crippen molar-refractivity contribution in [2.75, 3.05) is 18.4 Å². The summed E-state index contributed by atoms with van der Waals surface area (Å²) in [5.74, 6) is -1.25. The van der Waals surface area contributed by atoms with Crippen LogP contribution in [-0.4, -0.2) is 63.7 Å². The molecule has 5 N–H and O–H groups in total. The number of fused-ring (bicyclic) bond motifs is 2. The molecule has 1 fully saturated rings. The average Bonchev–Trinajstić information content (AvgIpc) is 3.52. The molecule has 2 atom stereocenters. The third-order valence-electron chi connectivity index (χ3n) is 10.8. The highest BCUT2D eigenvalue weighted by Crippen LogP contribution is 2.41. The predicted octanol–water partition coefficient (Wildman–Crippen LogP) is 6.80. The minimum absolute atomic E-state index is 0.00414. The topological polar surface area (TPSA) is 170 Å². The maximum atomic E-state index is 13.3. The molecule has 2 aliphatic heterocycles. The maximum absolute atomic E-state index is 13.3. The summed E-state index contributed by atoms with van der Waals surface area (Å²) in [6.07, 6.45) is 7.92. The third kappa shape index (κ3) is 9.44. The zero-order valence-electron chi connectivity index (χ0n) is 33.4. The number of phenols is 1. The summed E-state index contributed by atoms with van der Waals surface area (Å²) in [6, 6.07) is 17.2. The second-order valence-electron chi connectivity index (χ2n) is 16.1. The van der Waals surface area contributed by atoms with Gasteiger partial charge in [0.2, 0.25) is 17.7 Å². The van der Waals surface area contributed by atoms with Crippen LogP contribution in [0.15, 0.2) is 66.9 Å². The van der Waals surface area contributed by atoms with Crippen LogP contribution in [0.5, 0.6) is 5.75 Å². The zero-order chi connectivity index (χ0) is 40.7. The van der Waals surface area contributed by atoms with Crippen LogP contribution in [0, 0.1) is 0 Å². The number of hydrogen-bond acceptors (Lipinski definition) is 8. The lowest BCUT2D eigenvalue weighted by Gasteiger charge is -2.29. The molecule has 0 radical (unpaired) electrons. The Hall–Kier alpha value is -5.78. The number of pyridine rings is 1. The van der Waals surface area contributed by atoms with Crippen molar-refractivity contribution in [3.63, 3.8) is 0 Å². The average molecular weight is 775 g/mol. The number of carbonyl (C=O) groups excluding carboxylic acids is 5. The molecule has 57 heavy (non-hydrogen) atoms. The van der Waals surface area contributed by atoms with E-state index >= 15 is 0 Å². The second kappa shape index (κ2) is 18.0. The SMILES string of the molecule is CCCC(=O)NC(c1cccc(C(=O)NCCCCCCCNc2cccc3c2CN(C2CCC(=O)NC2=O)C3=O)c1)c1cc(C(C)(C)C)c2cccnc2c1O. The molecule has 0 spiro atoms. The van der Waals surface area contributed by atoms with Gasteiger partial charge in [0.25, 0.3) is 11.8 Å². The molecule has 2 unspecified atom stereocenters. The minimum atomic E-state index is -0.698. The summed E-state index contributed by atoms with van der Waals surface area (Å²) in [4.78, 5) is 69.6. The lowest BCUT2D eigenvalue weighted by molar-refractivity contribution is -0.137. The molecule has 12 heteroatoms. The van der Waals surface area contributed by atoms with Gasteiger partial charge in [-0.2, -0.15) is 0 Å². The predicted molar refractivity (Wildman–Crippen MR) is 220 cm³/mol. The van der Waals surface area contributed by atoms with Crippen LogP contribution in [-0.2, 0) is 26.3 Å². The largest absolute Gasteiger partial charge is 0.505 e. The fourth-order valence-corrected chi connectivity index (χ4v) is 7.81. The van der Waals surface area contributed by atoms with E-state index in [1.807, 2.05) is 43.3 Å². The Balaban J connectivity index is 0.998. The van der Waals surface area contributed by atoms with Gasteiger partial charge in [0.15, 0.2) is 0 Å². The highest BCUT2D eigenvalue weighted by Gasteiger charge is 2.40. The van der Waals surface area contributed by atoms with E-state index in [9.17, 15) is 29.1 Å². The van der Waals surface area contributed by atoms with E-state index in [2.05, 4.69) is 47.0 Å². The van der Waals surface area contributed by atoms with Gasteiger partial charge in [0.05, 0.1) is 6.04 Å². The van der Waals surface area contributed by atoms with Crippen LogP contribution < -0.4 is 21.3 Å². The molecule has 5 amide bonds. The summed E-state index contributed by atoms with van der Waals surface area (Å²) < 4.78 is 0. The first-order chi connectivity index (χ1) is 27.4. The van der Waals surface area contributed by atoms with Crippen molar-refractivity contribution in [2.24, 2.45) is 0 Å². The van der Waals surface area contributed by atoms with E-state index in [0.717, 1.165) is 60.8 Å². The van der Waals surface area contributed by atoms with E-state index in [1.54, 1.807) is 35.4 Å². The Morgan fingerprint density at radius 1 is 0.965 bits per heavy atom. The Labute approximate surface area is 334 Å². The molecule has 2 aliphatic rings. The molecule has 1 saturated heterocycles. The van der Waals surface area contributed by atoms with E-state index < -0.39 is 18.0 Å². The first kappa shape index (κ1) is 40.9. The number of rotatable bonds is 16. The molecular weight excluding hydrogens is 721 g/mol. The van der Waals surface area contributed by atoms with E-state index in [1.165, 1.54) is 0 Å². The highest BCUT2D eigenvalue weighted by molar-refractivity contribution is 6.06. The minimum Gasteiger partial charge on any atom is -0.505 e. The Morgan fingerprint density at radius 3 is 2.47 bits per heavy atom. The van der Waals surface area contributed by atoms with Crippen LogP contribution in [0.4, 0.5) is 5.69 Å². The lowest BCUT2D eigenvalue weighted by Crippen LogP contribution is -2.52. The monoisotopic (exact) mass is 774 g/mol. The number of imide groups is 1. The van der Waals surface area contributed by atoms with Crippen molar-refractivity contribution >= 4 is 46.1 Å². The number of nitrogens with zero attached hydrogens (tertiary/aromatic N) is 2. The highest BCUT2D eigenvalue weighted by atomic mass is 16.3. The van der Waals surface area contributed by atoms with Crippen molar-refractivity contribution in [1.82, 2.24) is 25.8 Å². The number of benzene rings is 3. The number of aromatic nitrogens is 1. The fraction of sp³-hybridized carbons (Fsp3) is 0.422. The molecule has 0 saturated carbocycles. The molecule has 300 valence electrons. The maximum Gasteiger partial charge on any atom is 0.255 e. The first-order valence-electron chi connectivity index (χ1n) is 20.2. The van der Waals surface area contributed by atoms with E-state index in [-0.39, 0.29) is 41.2 Å². The number of hydrogen-bond donors (Lipinski definition) is 5. The van der Waals surface area contributed by atoms with Gasteiger partial charge in [-0.1, -0.05) is 71.2 Å². The summed E-state index contributed by atoms with van der Waals surface area (Å²) in [5.41, 5.74) is 5.24. The number of nitrogens with one attached hydrogen (secondary N) is 4. The Morgan fingerprint density at radius 2 is 1.72 bits per heavy atom. The molecule has 6 rings (SSSR count). The van der Waals surface area contributed by atoms with Gasteiger partial charge in [0.1, 0.15) is 17.3 Å². The molecule has 3 heterocycles. The molecule has 0 bridgehead atoms. The molecular formula is C45H54N6O6. The lowest BCUT2D eigenvalue weighted by atomic mass is 9.81. The molecule has 0 aliphatic carbocycles. The molecule has 4 aromatic rings. The van der Waals surface area contributed by atoms with Gasteiger partial charge < -0.3 is 26.0 Å².